The lowest BCUT2D eigenvalue weighted by molar-refractivity contribution is -0.246. The van der Waals surface area contributed by atoms with Crippen molar-refractivity contribution in [1.29, 1.82) is 0 Å². The topological polar surface area (TPSA) is 72.6 Å². The zero-order valence-electron chi connectivity index (χ0n) is 13.1. The standard InChI is InChI=1S/C18H16F3NO3/c19-18(20,21)17(24)14-5-2-1-4-12(14)13-8-7-11(10-15(13)17)25-9-3-6-16(22)23/h1-2,4-5,7-8,10,24H,3,6,9H2,(H2,22,23). The zero-order chi connectivity index (χ0) is 18.2. The highest BCUT2D eigenvalue weighted by molar-refractivity contribution is 5.81. The van der Waals surface area contributed by atoms with Crippen molar-refractivity contribution in [2.45, 2.75) is 24.6 Å². The number of primary amides is 1. The summed E-state index contributed by atoms with van der Waals surface area (Å²) in [6.07, 6.45) is -4.39. The van der Waals surface area contributed by atoms with E-state index < -0.39 is 17.7 Å². The van der Waals surface area contributed by atoms with Crippen LogP contribution in [0.1, 0.15) is 24.0 Å². The van der Waals surface area contributed by atoms with Gasteiger partial charge in [-0.25, -0.2) is 0 Å². The Bertz CT molecular complexity index is 819. The molecule has 2 aromatic carbocycles. The number of amides is 1. The first kappa shape index (κ1) is 17.3. The maximum atomic E-state index is 13.7. The van der Waals surface area contributed by atoms with Gasteiger partial charge in [0.2, 0.25) is 11.5 Å². The maximum Gasteiger partial charge on any atom is 0.425 e. The molecule has 0 saturated carbocycles. The van der Waals surface area contributed by atoms with E-state index in [1.165, 1.54) is 24.3 Å². The molecule has 0 fully saturated rings. The predicted molar refractivity (Wildman–Crippen MR) is 84.9 cm³/mol. The molecule has 0 bridgehead atoms. The average Bonchev–Trinajstić information content (AvgIpc) is 2.82. The second kappa shape index (κ2) is 6.07. The average molecular weight is 351 g/mol. The number of benzene rings is 2. The number of fused-ring (bicyclic) bond motifs is 3. The summed E-state index contributed by atoms with van der Waals surface area (Å²) in [5, 5.41) is 10.6. The third-order valence-electron chi connectivity index (χ3n) is 4.23. The Kier molecular flexibility index (Phi) is 4.20. The highest BCUT2D eigenvalue weighted by Gasteiger charge is 2.60. The van der Waals surface area contributed by atoms with E-state index in [1.807, 2.05) is 0 Å². The molecule has 2 aromatic rings. The van der Waals surface area contributed by atoms with Crippen molar-refractivity contribution in [2.75, 3.05) is 6.61 Å². The molecule has 132 valence electrons. The molecule has 0 heterocycles. The number of halogens is 3. The molecule has 3 N–H and O–H groups in total. The summed E-state index contributed by atoms with van der Waals surface area (Å²) in [5.41, 5.74) is 2.16. The summed E-state index contributed by atoms with van der Waals surface area (Å²) in [6, 6.07) is 10.2. The summed E-state index contributed by atoms with van der Waals surface area (Å²) in [5.74, 6) is -0.279. The molecule has 0 radical (unpaired) electrons. The first-order valence-electron chi connectivity index (χ1n) is 7.70. The van der Waals surface area contributed by atoms with Gasteiger partial charge in [0.1, 0.15) is 5.75 Å². The van der Waals surface area contributed by atoms with Gasteiger partial charge in [0.05, 0.1) is 6.61 Å². The molecule has 1 aliphatic rings. The van der Waals surface area contributed by atoms with Crippen molar-refractivity contribution in [3.8, 4) is 16.9 Å². The Morgan fingerprint density at radius 1 is 1.12 bits per heavy atom. The second-order valence-corrected chi connectivity index (χ2v) is 5.88. The Morgan fingerprint density at radius 2 is 1.80 bits per heavy atom. The van der Waals surface area contributed by atoms with Gasteiger partial charge in [-0.3, -0.25) is 4.79 Å². The first-order chi connectivity index (χ1) is 11.7. The summed E-state index contributed by atoms with van der Waals surface area (Å²) < 4.78 is 46.5. The van der Waals surface area contributed by atoms with Gasteiger partial charge in [-0.2, -0.15) is 13.2 Å². The van der Waals surface area contributed by atoms with E-state index >= 15 is 0 Å². The Morgan fingerprint density at radius 3 is 2.48 bits per heavy atom. The fraction of sp³-hybridized carbons (Fsp3) is 0.278. The van der Waals surface area contributed by atoms with Crippen molar-refractivity contribution in [3.05, 3.63) is 53.6 Å². The lowest BCUT2D eigenvalue weighted by atomic mass is 9.91. The molecule has 7 heteroatoms. The number of nitrogens with two attached hydrogens (primary N) is 1. The second-order valence-electron chi connectivity index (χ2n) is 5.88. The normalized spacial score (nSPS) is 18.6. The molecule has 1 unspecified atom stereocenters. The highest BCUT2D eigenvalue weighted by atomic mass is 19.4. The lowest BCUT2D eigenvalue weighted by Gasteiger charge is -2.28. The molecule has 3 rings (SSSR count). The van der Waals surface area contributed by atoms with Crippen LogP contribution in [-0.2, 0) is 10.4 Å². The molecule has 25 heavy (non-hydrogen) atoms. The molecule has 1 atom stereocenters. The van der Waals surface area contributed by atoms with Crippen LogP contribution in [0.4, 0.5) is 13.2 Å². The van der Waals surface area contributed by atoms with E-state index in [-0.39, 0.29) is 29.9 Å². The van der Waals surface area contributed by atoms with Crippen LogP contribution in [0.5, 0.6) is 5.75 Å². The van der Waals surface area contributed by atoms with Gasteiger partial charge in [0.25, 0.3) is 0 Å². The van der Waals surface area contributed by atoms with Gasteiger partial charge in [-0.1, -0.05) is 30.3 Å². The number of alkyl halides is 3. The molecular formula is C18H16F3NO3. The monoisotopic (exact) mass is 351 g/mol. The third kappa shape index (κ3) is 2.84. The number of hydrogen-bond acceptors (Lipinski definition) is 3. The minimum Gasteiger partial charge on any atom is -0.494 e. The summed E-state index contributed by atoms with van der Waals surface area (Å²) in [7, 11) is 0. The SMILES string of the molecule is NC(=O)CCCOc1ccc2c(c1)C(O)(C(F)(F)F)c1ccccc1-2. The van der Waals surface area contributed by atoms with E-state index in [4.69, 9.17) is 10.5 Å². The number of hydrogen-bond donors (Lipinski definition) is 2. The zero-order valence-corrected chi connectivity index (χ0v) is 13.1. The number of carbonyl (C=O) groups excluding carboxylic acids is 1. The van der Waals surface area contributed by atoms with Crippen LogP contribution in [0.15, 0.2) is 42.5 Å². The van der Waals surface area contributed by atoms with Crippen LogP contribution < -0.4 is 10.5 Å². The minimum absolute atomic E-state index is 0.128. The largest absolute Gasteiger partial charge is 0.494 e. The lowest BCUT2D eigenvalue weighted by Crippen LogP contribution is -2.41. The highest BCUT2D eigenvalue weighted by Crippen LogP contribution is 2.55. The van der Waals surface area contributed by atoms with Crippen molar-refractivity contribution in [3.63, 3.8) is 0 Å². The van der Waals surface area contributed by atoms with Crippen molar-refractivity contribution >= 4 is 5.91 Å². The quantitative estimate of drug-likeness (QED) is 0.813. The first-order valence-corrected chi connectivity index (χ1v) is 7.70. The van der Waals surface area contributed by atoms with Gasteiger partial charge in [0.15, 0.2) is 0 Å². The van der Waals surface area contributed by atoms with Crippen molar-refractivity contribution in [2.24, 2.45) is 5.73 Å². The van der Waals surface area contributed by atoms with Crippen LogP contribution in [0.3, 0.4) is 0 Å². The maximum absolute atomic E-state index is 13.7. The van der Waals surface area contributed by atoms with Gasteiger partial charge < -0.3 is 15.6 Å². The van der Waals surface area contributed by atoms with Gasteiger partial charge >= 0.3 is 6.18 Å². The molecule has 1 aliphatic carbocycles. The number of aliphatic hydroxyl groups is 1. The molecule has 0 spiro atoms. The minimum atomic E-state index is -4.88. The molecule has 1 amide bonds. The third-order valence-corrected chi connectivity index (χ3v) is 4.23. The molecule has 0 aromatic heterocycles. The van der Waals surface area contributed by atoms with Crippen LogP contribution in [0.2, 0.25) is 0 Å². The van der Waals surface area contributed by atoms with E-state index in [9.17, 15) is 23.1 Å². The van der Waals surface area contributed by atoms with Crippen LogP contribution in [0.25, 0.3) is 11.1 Å². The van der Waals surface area contributed by atoms with Gasteiger partial charge in [-0.15, -0.1) is 0 Å². The number of ether oxygens (including phenoxy) is 1. The molecular weight excluding hydrogens is 335 g/mol. The van der Waals surface area contributed by atoms with Crippen LogP contribution in [-0.4, -0.2) is 23.8 Å². The Labute approximate surface area is 142 Å². The Hall–Kier alpha value is -2.54. The van der Waals surface area contributed by atoms with E-state index in [2.05, 4.69) is 0 Å². The summed E-state index contributed by atoms with van der Waals surface area (Å²) >= 11 is 0. The number of rotatable bonds is 5. The predicted octanol–water partition coefficient (Wildman–Crippen LogP) is 3.11. The van der Waals surface area contributed by atoms with E-state index in [0.717, 1.165) is 0 Å². The van der Waals surface area contributed by atoms with Gasteiger partial charge in [0, 0.05) is 17.5 Å². The van der Waals surface area contributed by atoms with Crippen LogP contribution in [0, 0.1) is 0 Å². The van der Waals surface area contributed by atoms with Crippen molar-refractivity contribution in [1.82, 2.24) is 0 Å². The van der Waals surface area contributed by atoms with Crippen LogP contribution >= 0.6 is 0 Å². The fourth-order valence-corrected chi connectivity index (χ4v) is 3.07. The molecule has 0 saturated heterocycles. The van der Waals surface area contributed by atoms with E-state index in [0.29, 0.717) is 17.5 Å². The van der Waals surface area contributed by atoms with E-state index in [1.54, 1.807) is 18.2 Å². The smallest absolute Gasteiger partial charge is 0.425 e. The molecule has 0 aliphatic heterocycles. The summed E-state index contributed by atoms with van der Waals surface area (Å²) in [4.78, 5) is 10.7. The van der Waals surface area contributed by atoms with Gasteiger partial charge in [-0.05, 0) is 29.7 Å². The number of carbonyl (C=O) groups is 1. The van der Waals surface area contributed by atoms with Crippen molar-refractivity contribution < 1.29 is 27.8 Å². The Balaban J connectivity index is 1.97. The summed E-state index contributed by atoms with van der Waals surface area (Å²) in [6.45, 7) is 0.138. The molecule has 4 nitrogen and oxygen atoms in total. The fourth-order valence-electron chi connectivity index (χ4n) is 3.07.